The molecule has 20 heavy (non-hydrogen) atoms. The average Bonchev–Trinajstić information content (AvgIpc) is 2.26. The third-order valence-corrected chi connectivity index (χ3v) is 17.6. The summed E-state index contributed by atoms with van der Waals surface area (Å²) >= 11 is 0. The zero-order valence-electron chi connectivity index (χ0n) is 14.6. The Kier molecular flexibility index (Phi) is 6.27. The molecule has 0 aromatic carbocycles. The molecule has 3 nitrogen and oxygen atoms in total. The Bertz CT molecular complexity index is 314. The first kappa shape index (κ1) is 18.6. The molecule has 1 aliphatic rings. The van der Waals surface area contributed by atoms with Crippen LogP contribution in [0.15, 0.2) is 0 Å². The maximum atomic E-state index is 6.69. The first-order chi connectivity index (χ1) is 8.96. The summed E-state index contributed by atoms with van der Waals surface area (Å²) < 4.78 is 13.2. The maximum absolute atomic E-state index is 6.69. The van der Waals surface area contributed by atoms with Gasteiger partial charge in [-0.3, -0.25) is 0 Å². The van der Waals surface area contributed by atoms with Crippen molar-refractivity contribution in [2.24, 2.45) is 5.73 Å². The molecule has 0 amide bonds. The molecule has 1 saturated carbocycles. The topological polar surface area (TPSA) is 44.5 Å². The second-order valence-corrected chi connectivity index (χ2v) is 20.5. The highest BCUT2D eigenvalue weighted by atomic mass is 28.5. The third-order valence-electron chi connectivity index (χ3n) is 4.70. The Balaban J connectivity index is 2.68. The third kappa shape index (κ3) is 5.38. The largest absolute Gasteiger partial charge is 0.436 e. The first-order valence-corrected chi connectivity index (χ1v) is 16.9. The standard InChI is InChI=1S/C14H35NO2Si3/c1-13(15)18(2,3)16-20(6,7)17-19(4,5)14-11-9-8-10-12-14/h13-14H,8-12,15H2,1-7H3. The summed E-state index contributed by atoms with van der Waals surface area (Å²) in [6.45, 7) is 15.7. The van der Waals surface area contributed by atoms with Gasteiger partial charge >= 0.3 is 8.56 Å². The lowest BCUT2D eigenvalue weighted by molar-refractivity contribution is 0.362. The molecule has 0 aromatic rings. The van der Waals surface area contributed by atoms with Gasteiger partial charge in [0.25, 0.3) is 0 Å². The molecular formula is C14H35NO2Si3. The zero-order valence-corrected chi connectivity index (χ0v) is 17.6. The van der Waals surface area contributed by atoms with Crippen LogP contribution in [0.3, 0.4) is 0 Å². The van der Waals surface area contributed by atoms with Crippen LogP contribution in [0.5, 0.6) is 0 Å². The fourth-order valence-electron chi connectivity index (χ4n) is 3.26. The molecule has 0 aliphatic heterocycles. The lowest BCUT2D eigenvalue weighted by atomic mass is 10.0. The van der Waals surface area contributed by atoms with E-state index < -0.39 is 25.2 Å². The Morgan fingerprint density at radius 1 is 0.900 bits per heavy atom. The summed E-state index contributed by atoms with van der Waals surface area (Å²) in [6, 6.07) is 0. The summed E-state index contributed by atoms with van der Waals surface area (Å²) in [5.41, 5.74) is 7.06. The van der Waals surface area contributed by atoms with Gasteiger partial charge in [-0.15, -0.1) is 0 Å². The van der Waals surface area contributed by atoms with E-state index in [9.17, 15) is 0 Å². The van der Waals surface area contributed by atoms with Gasteiger partial charge in [-0.05, 0) is 44.8 Å². The number of rotatable bonds is 6. The Hall–Kier alpha value is 0.531. The van der Waals surface area contributed by atoms with Crippen LogP contribution in [0.1, 0.15) is 39.0 Å². The van der Waals surface area contributed by atoms with Crippen LogP contribution in [0.2, 0.25) is 44.8 Å². The Labute approximate surface area is 129 Å². The van der Waals surface area contributed by atoms with Crippen molar-refractivity contribution in [2.75, 3.05) is 0 Å². The number of nitrogens with two attached hydrogens (primary N) is 1. The van der Waals surface area contributed by atoms with Crippen LogP contribution < -0.4 is 5.73 Å². The molecule has 1 unspecified atom stereocenters. The maximum Gasteiger partial charge on any atom is 0.311 e. The van der Waals surface area contributed by atoms with Gasteiger partial charge in [0, 0.05) is 5.67 Å². The molecule has 0 radical (unpaired) electrons. The molecule has 0 heterocycles. The van der Waals surface area contributed by atoms with E-state index >= 15 is 0 Å². The van der Waals surface area contributed by atoms with E-state index in [1.807, 2.05) is 0 Å². The van der Waals surface area contributed by atoms with Crippen molar-refractivity contribution >= 4 is 25.2 Å². The van der Waals surface area contributed by atoms with E-state index in [0.29, 0.717) is 0 Å². The van der Waals surface area contributed by atoms with Crippen molar-refractivity contribution in [3.05, 3.63) is 0 Å². The van der Waals surface area contributed by atoms with Gasteiger partial charge < -0.3 is 14.0 Å². The van der Waals surface area contributed by atoms with Gasteiger partial charge in [-0.1, -0.05) is 39.0 Å². The van der Waals surface area contributed by atoms with Crippen LogP contribution in [0.25, 0.3) is 0 Å². The molecule has 0 spiro atoms. The van der Waals surface area contributed by atoms with E-state index in [2.05, 4.69) is 46.2 Å². The highest BCUT2D eigenvalue weighted by molar-refractivity contribution is 6.88. The van der Waals surface area contributed by atoms with Crippen LogP contribution in [0, 0.1) is 0 Å². The van der Waals surface area contributed by atoms with Crippen molar-refractivity contribution in [1.82, 2.24) is 0 Å². The van der Waals surface area contributed by atoms with E-state index in [0.717, 1.165) is 5.54 Å². The van der Waals surface area contributed by atoms with Crippen molar-refractivity contribution in [1.29, 1.82) is 0 Å². The molecule has 2 N–H and O–H groups in total. The summed E-state index contributed by atoms with van der Waals surface area (Å²) in [4.78, 5) is 0. The highest BCUT2D eigenvalue weighted by Crippen LogP contribution is 2.39. The quantitative estimate of drug-likeness (QED) is 0.735. The Morgan fingerprint density at radius 3 is 1.85 bits per heavy atom. The summed E-state index contributed by atoms with van der Waals surface area (Å²) in [7, 11) is -5.56. The minimum atomic E-state index is -2.08. The van der Waals surface area contributed by atoms with Crippen LogP contribution in [-0.4, -0.2) is 30.9 Å². The summed E-state index contributed by atoms with van der Waals surface area (Å²) in [5, 5.41) is 0. The van der Waals surface area contributed by atoms with Crippen LogP contribution >= 0.6 is 0 Å². The van der Waals surface area contributed by atoms with Crippen LogP contribution in [-0.2, 0) is 8.23 Å². The number of hydrogen-bond donors (Lipinski definition) is 1. The molecule has 0 bridgehead atoms. The van der Waals surface area contributed by atoms with Gasteiger partial charge in [0.05, 0.1) is 0 Å². The fourth-order valence-corrected chi connectivity index (χ4v) is 17.1. The van der Waals surface area contributed by atoms with Gasteiger partial charge in [0.1, 0.15) is 0 Å². The fraction of sp³-hybridized carbons (Fsp3) is 1.00. The monoisotopic (exact) mass is 333 g/mol. The highest BCUT2D eigenvalue weighted by Gasteiger charge is 2.44. The second-order valence-electron chi connectivity index (χ2n) is 7.93. The molecule has 1 fully saturated rings. The summed E-state index contributed by atoms with van der Waals surface area (Å²) in [6.07, 6.45) is 6.89. The first-order valence-electron chi connectivity index (χ1n) is 8.12. The molecular weight excluding hydrogens is 298 g/mol. The number of hydrogen-bond acceptors (Lipinski definition) is 3. The van der Waals surface area contributed by atoms with E-state index in [-0.39, 0.29) is 5.67 Å². The predicted octanol–water partition coefficient (Wildman–Crippen LogP) is 4.35. The lowest BCUT2D eigenvalue weighted by Crippen LogP contribution is -2.59. The molecule has 120 valence electrons. The smallest absolute Gasteiger partial charge is 0.311 e. The van der Waals surface area contributed by atoms with Crippen molar-refractivity contribution in [2.45, 2.75) is 89.5 Å². The second kappa shape index (κ2) is 6.75. The molecule has 1 aliphatic carbocycles. The minimum Gasteiger partial charge on any atom is -0.436 e. The Morgan fingerprint density at radius 2 is 1.40 bits per heavy atom. The molecule has 6 heteroatoms. The van der Waals surface area contributed by atoms with Gasteiger partial charge in [-0.2, -0.15) is 0 Å². The minimum absolute atomic E-state index is 0.150. The molecule has 1 rings (SSSR count). The van der Waals surface area contributed by atoms with Gasteiger partial charge in [0.15, 0.2) is 16.6 Å². The van der Waals surface area contributed by atoms with Gasteiger partial charge in [0.2, 0.25) is 0 Å². The van der Waals surface area contributed by atoms with Gasteiger partial charge in [-0.25, -0.2) is 0 Å². The normalized spacial score (nSPS) is 21.0. The van der Waals surface area contributed by atoms with E-state index in [1.54, 1.807) is 0 Å². The van der Waals surface area contributed by atoms with Crippen molar-refractivity contribution < 1.29 is 8.23 Å². The average molecular weight is 334 g/mol. The zero-order chi connectivity index (χ0) is 15.6. The SMILES string of the molecule is CC(N)[Si](C)(C)O[Si](C)(C)O[Si](C)(C)C1CCCCC1. The van der Waals surface area contributed by atoms with E-state index in [4.69, 9.17) is 14.0 Å². The van der Waals surface area contributed by atoms with Crippen molar-refractivity contribution in [3.63, 3.8) is 0 Å². The lowest BCUT2D eigenvalue weighted by Gasteiger charge is -2.43. The van der Waals surface area contributed by atoms with Crippen LogP contribution in [0.4, 0.5) is 0 Å². The van der Waals surface area contributed by atoms with Crippen molar-refractivity contribution in [3.8, 4) is 0 Å². The molecule has 1 atom stereocenters. The summed E-state index contributed by atoms with van der Waals surface area (Å²) in [5.74, 6) is 0. The molecule has 0 saturated heterocycles. The predicted molar refractivity (Wildman–Crippen MR) is 95.1 cm³/mol. The molecule has 0 aromatic heterocycles. The van der Waals surface area contributed by atoms with E-state index in [1.165, 1.54) is 32.1 Å².